The number of hydrogen-bond donors (Lipinski definition) is 6. The number of hydrogen-bond acceptors (Lipinski definition) is 13. The van der Waals surface area contributed by atoms with E-state index in [2.05, 4.69) is 147 Å². The number of rotatable bonds is 29. The van der Waals surface area contributed by atoms with Gasteiger partial charge in [0.25, 0.3) is 11.2 Å². The monoisotopic (exact) mass is 2060 g/mol. The number of benzene rings is 6. The van der Waals surface area contributed by atoms with Crippen LogP contribution in [0.1, 0.15) is 394 Å². The Kier molecular flexibility index (Phi) is 68.0. The van der Waals surface area contributed by atoms with E-state index in [1.165, 1.54) is 91.8 Å². The highest BCUT2D eigenvalue weighted by Crippen LogP contribution is 2.60. The van der Waals surface area contributed by atoms with Crippen LogP contribution in [0.15, 0.2) is 140 Å². The topological polar surface area (TPSA) is 186 Å². The van der Waals surface area contributed by atoms with Crippen molar-refractivity contribution in [1.82, 2.24) is 0 Å². The first kappa shape index (κ1) is 148. The molecule has 0 amide bonds. The van der Waals surface area contributed by atoms with Crippen molar-refractivity contribution >= 4 is 10.8 Å². The Hall–Kier alpha value is -6.79. The zero-order valence-electron chi connectivity index (χ0n) is 78.8. The van der Waals surface area contributed by atoms with Gasteiger partial charge in [-0.25, -0.2) is 9.78 Å². The molecule has 8 fully saturated rings. The molecule has 15 atom stereocenters. The van der Waals surface area contributed by atoms with Crippen LogP contribution in [0, 0.1) is 64.1 Å². The van der Waals surface area contributed by atoms with E-state index >= 15 is 0 Å². The van der Waals surface area contributed by atoms with Crippen LogP contribution in [0.3, 0.4) is 0 Å². The molecule has 0 spiro atoms. The number of alkyl halides is 15. The minimum Gasteiger partial charge on any atom is -0.508 e. The molecule has 0 aromatic heterocycles. The Morgan fingerprint density at radius 3 is 0.937 bits per heavy atom. The highest BCUT2D eigenvalue weighted by Gasteiger charge is 2.72. The lowest BCUT2D eigenvalue weighted by atomic mass is 9.54. The molecule has 8 aliphatic carbocycles. The summed E-state index contributed by atoms with van der Waals surface area (Å²) in [5, 5.41) is 55.1. The van der Waals surface area contributed by atoms with Crippen LogP contribution < -0.4 is 14.2 Å². The van der Waals surface area contributed by atoms with E-state index in [-0.39, 0.29) is 149 Å². The number of aliphatic hydroxyl groups is 2. The average molecular weight is 2060 g/mol. The second kappa shape index (κ2) is 65.1. The van der Waals surface area contributed by atoms with Crippen LogP contribution in [0.4, 0.5) is 65.9 Å². The molecular formula is C114H193F15O13. The summed E-state index contributed by atoms with van der Waals surface area (Å²) in [5.41, 5.74) is -5.59. The number of halogens is 15. The molecule has 6 aromatic rings. The van der Waals surface area contributed by atoms with E-state index in [4.69, 9.17) is 54.6 Å². The molecule has 0 radical (unpaired) electrons. The minimum absolute atomic E-state index is 0. The molecule has 0 saturated heterocycles. The normalized spacial score (nSPS) is 21.8. The standard InChI is InChI=1S/C24H28O3.C22H32O2.2C11H14F6O.2C10H14O.C7H13F3O2.C7H16O2.12CH4/c1-4-18(2)20-9-12-23(13-10-20)27-19(3)25-15-16-26-24-14-11-21-7-5-6-8-22(21)17-24;1-4-15(2)20-5-7-21(8-6-20)23-16(3)24-22-12-17-9-18(13-22)11-19(10-17)14-22;2*12-10(13,14)9(18,11(15,16)17)5-8-4-6-1-2-7(8)3-6;2*1-3-8(2)9-4-6-10(11)7-5-9;1-4-6(3,5(2)12-11)7(8,9)10;1-5-7(3,4)6(2)9-8;;;;;;;;;;;;/h5-14,17-19H,4,15-16H2,1-3H3;5-8,15-19H,4,9-14H2,1-3H3;2*6-8,18H,1-5H2;2*4-8,11H,3H2,1-2H3;5,11H,4H2,1-3H3;6,8H,5H2,1-4H3;12*1H4. The third-order valence-corrected chi connectivity index (χ3v) is 29.1. The lowest BCUT2D eigenvalue weighted by molar-refractivity contribution is -0.373. The van der Waals surface area contributed by atoms with E-state index < -0.39 is 78.3 Å². The summed E-state index contributed by atoms with van der Waals surface area (Å²) in [6.45, 7) is 34.3. The van der Waals surface area contributed by atoms with Crippen molar-refractivity contribution in [2.24, 2.45) is 64.1 Å². The van der Waals surface area contributed by atoms with Crippen molar-refractivity contribution in [2.75, 3.05) is 13.2 Å². The maximum Gasteiger partial charge on any atom is 0.426 e. The molecule has 0 heterocycles. The number of phenols is 2. The number of phenolic OH excluding ortho intramolecular Hbond substituents is 2. The second-order valence-electron chi connectivity index (χ2n) is 38.5. The molecule has 28 heteroatoms. The molecule has 6 aromatic carbocycles. The molecule has 6 N–H and O–H groups in total. The fourth-order valence-corrected chi connectivity index (χ4v) is 19.0. The van der Waals surface area contributed by atoms with Gasteiger partial charge in [0.1, 0.15) is 41.5 Å². The minimum atomic E-state index is -5.67. The van der Waals surface area contributed by atoms with Crippen molar-refractivity contribution in [3.63, 3.8) is 0 Å². The molecular weight excluding hydrogens is 1860 g/mol. The third kappa shape index (κ3) is 42.1. The Bertz CT molecular complexity index is 4040. The van der Waals surface area contributed by atoms with Crippen molar-refractivity contribution < 1.29 is 130 Å². The number of aromatic hydroxyl groups is 2. The van der Waals surface area contributed by atoms with Gasteiger partial charge < -0.3 is 44.1 Å². The molecule has 142 heavy (non-hydrogen) atoms. The highest BCUT2D eigenvalue weighted by molar-refractivity contribution is 5.83. The van der Waals surface area contributed by atoms with Gasteiger partial charge in [0.15, 0.2) is 12.6 Å². The summed E-state index contributed by atoms with van der Waals surface area (Å²) in [6.07, 6.45) is -12.4. The van der Waals surface area contributed by atoms with Gasteiger partial charge in [-0.2, -0.15) is 65.9 Å². The average Bonchev–Trinajstić information content (AvgIpc) is 1.30. The lowest BCUT2D eigenvalue weighted by Gasteiger charge is -2.56. The van der Waals surface area contributed by atoms with Gasteiger partial charge in [-0.05, 0) is 339 Å². The summed E-state index contributed by atoms with van der Waals surface area (Å²) in [7, 11) is 0. The smallest absolute Gasteiger partial charge is 0.426 e. The van der Waals surface area contributed by atoms with Crippen LogP contribution in [0.25, 0.3) is 10.8 Å². The molecule has 15 unspecified atom stereocenters. The van der Waals surface area contributed by atoms with E-state index in [1.54, 1.807) is 24.3 Å². The molecule has 8 aliphatic rings. The first-order valence-electron chi connectivity index (χ1n) is 46.5. The van der Waals surface area contributed by atoms with Gasteiger partial charge in [0.2, 0.25) is 0 Å². The number of ether oxygens (including phenoxy) is 5. The Morgan fingerprint density at radius 1 is 0.352 bits per heavy atom. The van der Waals surface area contributed by atoms with Crippen LogP contribution in [0.2, 0.25) is 0 Å². The predicted molar refractivity (Wildman–Crippen MR) is 558 cm³/mol. The van der Waals surface area contributed by atoms with E-state index in [1.807, 2.05) is 74.5 Å². The SMILES string of the molecule is C.C.C.C.C.C.C.C.C.C.C.C.CCC(C)(C(C)OO)C(F)(F)F.CCC(C)(C)C(C)OO.CCC(C)c1ccc(O)cc1.CCC(C)c1ccc(O)cc1.CCC(C)c1ccc(OC(C)OC23CC4CC(CC(C4)C2)C3)cc1.CCC(C)c1ccc(OC(C)OCCOc2ccc3ccccc3c2)cc1.OC(CC1CC2CCC1C2)(C(F)(F)F)C(F)(F)F.OC(CC1CC2CCC1C2)(C(F)(F)F)C(F)(F)F. The second-order valence-corrected chi connectivity index (χ2v) is 38.5. The van der Waals surface area contributed by atoms with Crippen molar-refractivity contribution in [1.29, 1.82) is 0 Å². The maximum atomic E-state index is 12.5. The fourth-order valence-electron chi connectivity index (χ4n) is 19.0. The van der Waals surface area contributed by atoms with Crippen LogP contribution in [-0.2, 0) is 19.2 Å². The zero-order valence-corrected chi connectivity index (χ0v) is 78.8. The predicted octanol–water partition coefficient (Wildman–Crippen LogP) is 38.0. The molecule has 8 saturated carbocycles. The van der Waals surface area contributed by atoms with Crippen molar-refractivity contribution in [3.8, 4) is 28.7 Å². The van der Waals surface area contributed by atoms with Gasteiger partial charge >= 0.3 is 30.9 Å². The van der Waals surface area contributed by atoms with E-state index in [0.29, 0.717) is 86.9 Å². The van der Waals surface area contributed by atoms with Crippen molar-refractivity contribution in [3.05, 3.63) is 162 Å². The van der Waals surface area contributed by atoms with Crippen LogP contribution in [0.5, 0.6) is 28.7 Å². The summed E-state index contributed by atoms with van der Waals surface area (Å²) < 4.78 is 217. The van der Waals surface area contributed by atoms with Gasteiger partial charge in [-0.15, -0.1) is 0 Å². The third-order valence-electron chi connectivity index (χ3n) is 29.1. The summed E-state index contributed by atoms with van der Waals surface area (Å²) in [4.78, 5) is 7.92. The number of fused-ring (bicyclic) bond motifs is 5. The van der Waals surface area contributed by atoms with Gasteiger partial charge in [-0.1, -0.05) is 264 Å². The van der Waals surface area contributed by atoms with E-state index in [9.17, 15) is 65.9 Å². The lowest BCUT2D eigenvalue weighted by Crippen LogP contribution is -2.58. The highest BCUT2D eigenvalue weighted by atomic mass is 19.4. The molecule has 0 aliphatic heterocycles. The summed E-state index contributed by atoms with van der Waals surface area (Å²) in [6, 6.07) is 46.1. The Morgan fingerprint density at radius 2 is 0.669 bits per heavy atom. The van der Waals surface area contributed by atoms with Gasteiger partial charge in [0.05, 0.1) is 23.7 Å². The molecule has 832 valence electrons. The van der Waals surface area contributed by atoms with Crippen LogP contribution in [-0.4, -0.2) is 117 Å². The Labute approximate surface area is 849 Å². The largest absolute Gasteiger partial charge is 0.508 e. The molecule has 8 bridgehead atoms. The van der Waals surface area contributed by atoms with Crippen molar-refractivity contribution in [2.45, 2.75) is 444 Å². The van der Waals surface area contributed by atoms with Crippen LogP contribution >= 0.6 is 0 Å². The first-order valence-corrected chi connectivity index (χ1v) is 46.5. The maximum absolute atomic E-state index is 12.5. The first-order chi connectivity index (χ1) is 60.6. The zero-order chi connectivity index (χ0) is 97.3. The Balaban J connectivity index is -0.000000297. The fraction of sp³-hybridized carbons (Fsp3) is 0.702. The van der Waals surface area contributed by atoms with E-state index in [0.717, 1.165) is 80.5 Å². The molecule has 13 nitrogen and oxygen atoms in total. The van der Waals surface area contributed by atoms with Gasteiger partial charge in [0, 0.05) is 0 Å². The van der Waals surface area contributed by atoms with Gasteiger partial charge in [-0.3, -0.25) is 10.5 Å². The quantitative estimate of drug-likeness (QED) is 0.00857. The summed E-state index contributed by atoms with van der Waals surface area (Å²) in [5.74, 6) is 7.37. The summed E-state index contributed by atoms with van der Waals surface area (Å²) >= 11 is 0. The molecule has 14 rings (SSSR count).